The van der Waals surface area contributed by atoms with Crippen LogP contribution in [0.3, 0.4) is 0 Å². The molecule has 1 aromatic carbocycles. The second kappa shape index (κ2) is 7.49. The van der Waals surface area contributed by atoms with E-state index in [0.29, 0.717) is 11.4 Å². The summed E-state index contributed by atoms with van der Waals surface area (Å²) in [7, 11) is 1.49. The summed E-state index contributed by atoms with van der Waals surface area (Å²) >= 11 is 0. The van der Waals surface area contributed by atoms with E-state index in [4.69, 9.17) is 4.74 Å². The third-order valence-corrected chi connectivity index (χ3v) is 3.32. The molecular weight excluding hydrogens is 299 g/mol. The number of rotatable bonds is 6. The van der Waals surface area contributed by atoms with E-state index < -0.39 is 11.7 Å². The number of carbonyl (C=O) groups excluding carboxylic acids is 2. The first-order chi connectivity index (χ1) is 11.0. The number of ketones is 1. The van der Waals surface area contributed by atoms with Gasteiger partial charge in [-0.05, 0) is 12.1 Å². The molecule has 0 fully saturated rings. The van der Waals surface area contributed by atoms with Crippen LogP contribution in [0.1, 0.15) is 23.7 Å². The minimum absolute atomic E-state index is 0.0204. The van der Waals surface area contributed by atoms with E-state index in [0.717, 1.165) is 0 Å². The van der Waals surface area contributed by atoms with Crippen LogP contribution in [0.5, 0.6) is 5.75 Å². The van der Waals surface area contributed by atoms with Gasteiger partial charge in [0.15, 0.2) is 5.78 Å². The molecule has 0 aliphatic heterocycles. The minimum Gasteiger partial charge on any atom is -0.494 e. The van der Waals surface area contributed by atoms with Gasteiger partial charge >= 0.3 is 0 Å². The number of pyridine rings is 1. The van der Waals surface area contributed by atoms with Gasteiger partial charge in [0, 0.05) is 30.2 Å². The molecule has 1 amide bonds. The maximum atomic E-state index is 13.2. The Morgan fingerprint density at radius 2 is 2.13 bits per heavy atom. The average molecular weight is 316 g/mol. The van der Waals surface area contributed by atoms with Crippen LogP contribution in [0.25, 0.3) is 0 Å². The Kier molecular flexibility index (Phi) is 5.41. The Hall–Kier alpha value is -2.76. The van der Waals surface area contributed by atoms with Crippen molar-refractivity contribution in [2.45, 2.75) is 13.3 Å². The molecule has 120 valence electrons. The summed E-state index contributed by atoms with van der Waals surface area (Å²) in [4.78, 5) is 28.2. The highest BCUT2D eigenvalue weighted by Crippen LogP contribution is 2.22. The van der Waals surface area contributed by atoms with Crippen LogP contribution >= 0.6 is 0 Å². The highest BCUT2D eigenvalue weighted by Gasteiger charge is 2.19. The lowest BCUT2D eigenvalue weighted by molar-refractivity contribution is -0.116. The van der Waals surface area contributed by atoms with Gasteiger partial charge in [0.1, 0.15) is 17.3 Å². The van der Waals surface area contributed by atoms with Gasteiger partial charge in [0.25, 0.3) is 0 Å². The van der Waals surface area contributed by atoms with Crippen molar-refractivity contribution in [3.05, 3.63) is 54.1 Å². The zero-order chi connectivity index (χ0) is 16.8. The average Bonchev–Trinajstić information content (AvgIpc) is 2.54. The van der Waals surface area contributed by atoms with Crippen LogP contribution in [0, 0.1) is 11.7 Å². The maximum absolute atomic E-state index is 13.2. The van der Waals surface area contributed by atoms with Crippen LogP contribution in [0.4, 0.5) is 10.1 Å². The van der Waals surface area contributed by atoms with Crippen LogP contribution in [-0.4, -0.2) is 23.8 Å². The summed E-state index contributed by atoms with van der Waals surface area (Å²) < 4.78 is 18.3. The first-order valence-electron chi connectivity index (χ1n) is 7.09. The zero-order valence-corrected chi connectivity index (χ0v) is 12.9. The van der Waals surface area contributed by atoms with Crippen LogP contribution < -0.4 is 10.1 Å². The number of anilines is 1. The standard InChI is InChI=1S/C17H17FN2O3/c1-11(17(22)12-4-3-5-13(18)9-12)8-16(21)20-14-10-19-7-6-15(14)23-2/h3-7,9-11H,8H2,1-2H3,(H,20,21)/t11-/m0/s1. The van der Waals surface area contributed by atoms with E-state index in [-0.39, 0.29) is 23.7 Å². The Morgan fingerprint density at radius 1 is 1.35 bits per heavy atom. The number of aromatic nitrogens is 1. The molecule has 2 aromatic rings. The van der Waals surface area contributed by atoms with Gasteiger partial charge < -0.3 is 10.1 Å². The number of amides is 1. The third-order valence-electron chi connectivity index (χ3n) is 3.32. The lowest BCUT2D eigenvalue weighted by Crippen LogP contribution is -2.21. The van der Waals surface area contributed by atoms with Crippen molar-refractivity contribution in [1.29, 1.82) is 0 Å². The number of methoxy groups -OCH3 is 1. The van der Waals surface area contributed by atoms with Crippen LogP contribution in [0.15, 0.2) is 42.7 Å². The lowest BCUT2D eigenvalue weighted by atomic mass is 9.96. The molecule has 5 nitrogen and oxygen atoms in total. The van der Waals surface area contributed by atoms with Gasteiger partial charge in [-0.15, -0.1) is 0 Å². The van der Waals surface area contributed by atoms with Crippen molar-refractivity contribution in [1.82, 2.24) is 4.98 Å². The van der Waals surface area contributed by atoms with E-state index in [1.54, 1.807) is 19.2 Å². The summed E-state index contributed by atoms with van der Waals surface area (Å²) in [5.41, 5.74) is 0.690. The topological polar surface area (TPSA) is 68.3 Å². The zero-order valence-electron chi connectivity index (χ0n) is 12.9. The summed E-state index contributed by atoms with van der Waals surface area (Å²) in [5, 5.41) is 2.66. The second-order valence-electron chi connectivity index (χ2n) is 5.10. The summed E-state index contributed by atoms with van der Waals surface area (Å²) in [6, 6.07) is 7.06. The fourth-order valence-corrected chi connectivity index (χ4v) is 2.15. The predicted molar refractivity (Wildman–Crippen MR) is 83.9 cm³/mol. The molecule has 0 aliphatic carbocycles. The number of benzene rings is 1. The van der Waals surface area contributed by atoms with Gasteiger partial charge in [-0.3, -0.25) is 14.6 Å². The number of carbonyl (C=O) groups is 2. The molecule has 0 saturated carbocycles. The van der Waals surface area contributed by atoms with Gasteiger partial charge in [-0.2, -0.15) is 0 Å². The molecule has 2 rings (SSSR count). The molecule has 1 aromatic heterocycles. The van der Waals surface area contributed by atoms with Gasteiger partial charge in [-0.25, -0.2) is 4.39 Å². The molecule has 0 unspecified atom stereocenters. The van der Waals surface area contributed by atoms with Crippen LogP contribution in [-0.2, 0) is 4.79 Å². The van der Waals surface area contributed by atoms with Gasteiger partial charge in [-0.1, -0.05) is 19.1 Å². The van der Waals surface area contributed by atoms with Crippen molar-refractivity contribution in [3.8, 4) is 5.75 Å². The number of hydrogen-bond acceptors (Lipinski definition) is 4. The van der Waals surface area contributed by atoms with Crippen molar-refractivity contribution < 1.29 is 18.7 Å². The minimum atomic E-state index is -0.570. The highest BCUT2D eigenvalue weighted by atomic mass is 19.1. The number of Topliss-reactive ketones (excluding diaryl/α,β-unsaturated/α-hetero) is 1. The molecule has 1 N–H and O–H groups in total. The Morgan fingerprint density at radius 3 is 2.83 bits per heavy atom. The molecular formula is C17H17FN2O3. The highest BCUT2D eigenvalue weighted by molar-refractivity contribution is 6.01. The summed E-state index contributed by atoms with van der Waals surface area (Å²) in [6.45, 7) is 1.63. The van der Waals surface area contributed by atoms with Crippen LogP contribution in [0.2, 0.25) is 0 Å². The molecule has 23 heavy (non-hydrogen) atoms. The lowest BCUT2D eigenvalue weighted by Gasteiger charge is -2.12. The molecule has 1 atom stereocenters. The largest absolute Gasteiger partial charge is 0.494 e. The van der Waals surface area contributed by atoms with Crippen molar-refractivity contribution in [2.75, 3.05) is 12.4 Å². The van der Waals surface area contributed by atoms with Gasteiger partial charge in [0.05, 0.1) is 13.3 Å². The monoisotopic (exact) mass is 316 g/mol. The summed E-state index contributed by atoms with van der Waals surface area (Å²) in [6.07, 6.45) is 2.99. The first-order valence-corrected chi connectivity index (χ1v) is 7.09. The van der Waals surface area contributed by atoms with Crippen molar-refractivity contribution in [3.63, 3.8) is 0 Å². The first kappa shape index (κ1) is 16.6. The molecule has 0 radical (unpaired) electrons. The van der Waals surface area contributed by atoms with E-state index in [1.165, 1.54) is 37.6 Å². The normalized spacial score (nSPS) is 11.6. The molecule has 0 bridgehead atoms. The Bertz CT molecular complexity index is 718. The SMILES string of the molecule is COc1ccncc1NC(=O)C[C@H](C)C(=O)c1cccc(F)c1. The number of ether oxygens (including phenoxy) is 1. The van der Waals surface area contributed by atoms with E-state index >= 15 is 0 Å². The summed E-state index contributed by atoms with van der Waals surface area (Å²) in [5.74, 6) is -1.18. The number of nitrogens with one attached hydrogen (secondary N) is 1. The quantitative estimate of drug-likeness (QED) is 0.832. The second-order valence-corrected chi connectivity index (χ2v) is 5.10. The van der Waals surface area contributed by atoms with E-state index in [1.807, 2.05) is 0 Å². The fraction of sp³-hybridized carbons (Fsp3) is 0.235. The van der Waals surface area contributed by atoms with Crippen molar-refractivity contribution in [2.24, 2.45) is 5.92 Å². The van der Waals surface area contributed by atoms with E-state index in [2.05, 4.69) is 10.3 Å². The molecule has 1 heterocycles. The van der Waals surface area contributed by atoms with Crippen molar-refractivity contribution >= 4 is 17.4 Å². The third kappa shape index (κ3) is 4.35. The Balaban J connectivity index is 2.01. The smallest absolute Gasteiger partial charge is 0.225 e. The number of halogens is 1. The van der Waals surface area contributed by atoms with Gasteiger partial charge in [0.2, 0.25) is 5.91 Å². The molecule has 0 spiro atoms. The van der Waals surface area contributed by atoms with E-state index in [9.17, 15) is 14.0 Å². The molecule has 6 heteroatoms. The predicted octanol–water partition coefficient (Wildman–Crippen LogP) is 3.08. The molecule has 0 saturated heterocycles. The Labute approximate surface area is 133 Å². The molecule has 0 aliphatic rings. The maximum Gasteiger partial charge on any atom is 0.225 e. The number of nitrogens with zero attached hydrogens (tertiary/aromatic N) is 1. The fourth-order valence-electron chi connectivity index (χ4n) is 2.15. The number of hydrogen-bond donors (Lipinski definition) is 1.